The van der Waals surface area contributed by atoms with Gasteiger partial charge in [0.15, 0.2) is 0 Å². The molecule has 0 spiro atoms. The van der Waals surface area contributed by atoms with Crippen LogP contribution in [0.4, 0.5) is 4.79 Å². The molecule has 0 aliphatic carbocycles. The maximum Gasteiger partial charge on any atom is 0.326 e. The highest BCUT2D eigenvalue weighted by atomic mass is 16.5. The van der Waals surface area contributed by atoms with Crippen molar-refractivity contribution in [1.82, 2.24) is 10.2 Å². The van der Waals surface area contributed by atoms with Gasteiger partial charge in [-0.15, -0.1) is 0 Å². The van der Waals surface area contributed by atoms with Gasteiger partial charge in [0.05, 0.1) is 7.11 Å². The summed E-state index contributed by atoms with van der Waals surface area (Å²) in [5.74, 6) is -1.93. The predicted molar refractivity (Wildman–Crippen MR) is 59.4 cm³/mol. The van der Waals surface area contributed by atoms with E-state index >= 15 is 0 Å². The monoisotopic (exact) mass is 246 g/mol. The maximum atomic E-state index is 11.6. The van der Waals surface area contributed by atoms with E-state index in [0.29, 0.717) is 0 Å². The van der Waals surface area contributed by atoms with Gasteiger partial charge in [0.2, 0.25) is 0 Å². The zero-order chi connectivity index (χ0) is 13.6. The SMILES string of the molecule is COC(=O)CN(C)C(=O)N[C@H](C(=O)O)C(C)C. The number of urea groups is 1. The molecule has 1 atom stereocenters. The minimum absolute atomic E-state index is 0.229. The van der Waals surface area contributed by atoms with Gasteiger partial charge in [-0.2, -0.15) is 0 Å². The minimum Gasteiger partial charge on any atom is -0.480 e. The lowest BCUT2D eigenvalue weighted by Gasteiger charge is -2.22. The molecule has 0 fully saturated rings. The lowest BCUT2D eigenvalue weighted by atomic mass is 10.1. The van der Waals surface area contributed by atoms with E-state index in [-0.39, 0.29) is 12.5 Å². The molecule has 0 saturated heterocycles. The van der Waals surface area contributed by atoms with E-state index in [2.05, 4.69) is 10.1 Å². The third-order valence-corrected chi connectivity index (χ3v) is 2.15. The summed E-state index contributed by atoms with van der Waals surface area (Å²) < 4.78 is 4.39. The van der Waals surface area contributed by atoms with E-state index in [1.165, 1.54) is 14.2 Å². The molecule has 0 aliphatic heterocycles. The van der Waals surface area contributed by atoms with Crippen LogP contribution >= 0.6 is 0 Å². The summed E-state index contributed by atoms with van der Waals surface area (Å²) in [6.07, 6.45) is 0. The van der Waals surface area contributed by atoms with Gasteiger partial charge >= 0.3 is 18.0 Å². The number of esters is 1. The first kappa shape index (κ1) is 15.2. The van der Waals surface area contributed by atoms with Crippen molar-refractivity contribution in [3.8, 4) is 0 Å². The number of carbonyl (C=O) groups excluding carboxylic acids is 2. The smallest absolute Gasteiger partial charge is 0.326 e. The summed E-state index contributed by atoms with van der Waals surface area (Å²) >= 11 is 0. The van der Waals surface area contributed by atoms with Crippen LogP contribution in [-0.4, -0.2) is 54.7 Å². The Morgan fingerprint density at radius 3 is 2.24 bits per heavy atom. The van der Waals surface area contributed by atoms with Crippen molar-refractivity contribution in [3.63, 3.8) is 0 Å². The topological polar surface area (TPSA) is 95.9 Å². The van der Waals surface area contributed by atoms with Crippen molar-refractivity contribution in [3.05, 3.63) is 0 Å². The number of likely N-dealkylation sites (N-methyl/N-ethyl adjacent to an activating group) is 1. The van der Waals surface area contributed by atoms with Crippen LogP contribution in [0.25, 0.3) is 0 Å². The third kappa shape index (κ3) is 5.19. The summed E-state index contributed by atoms with van der Waals surface area (Å²) in [7, 11) is 2.59. The van der Waals surface area contributed by atoms with E-state index in [9.17, 15) is 14.4 Å². The fourth-order valence-electron chi connectivity index (χ4n) is 1.09. The third-order valence-electron chi connectivity index (χ3n) is 2.15. The fraction of sp³-hybridized carbons (Fsp3) is 0.700. The van der Waals surface area contributed by atoms with Crippen molar-refractivity contribution >= 4 is 18.0 Å². The maximum absolute atomic E-state index is 11.6. The van der Waals surface area contributed by atoms with Crippen LogP contribution in [0.3, 0.4) is 0 Å². The standard InChI is InChI=1S/C10H18N2O5/c1-6(2)8(9(14)15)11-10(16)12(3)5-7(13)17-4/h6,8H,5H2,1-4H3,(H,11,16)(H,14,15)/t8-/m0/s1. The Morgan fingerprint density at radius 2 is 1.88 bits per heavy atom. The lowest BCUT2D eigenvalue weighted by Crippen LogP contribution is -2.50. The van der Waals surface area contributed by atoms with Crippen LogP contribution in [0.5, 0.6) is 0 Å². The Morgan fingerprint density at radius 1 is 1.35 bits per heavy atom. The first-order chi connectivity index (χ1) is 7.79. The van der Waals surface area contributed by atoms with Gasteiger partial charge in [-0.25, -0.2) is 9.59 Å². The first-order valence-electron chi connectivity index (χ1n) is 5.10. The van der Waals surface area contributed by atoms with Crippen molar-refractivity contribution in [2.75, 3.05) is 20.7 Å². The Kier molecular flexibility index (Phi) is 6.01. The molecule has 0 aromatic rings. The Balaban J connectivity index is 4.41. The van der Waals surface area contributed by atoms with Crippen LogP contribution in [0.2, 0.25) is 0 Å². The zero-order valence-electron chi connectivity index (χ0n) is 10.4. The van der Waals surface area contributed by atoms with Crippen LogP contribution in [0.15, 0.2) is 0 Å². The summed E-state index contributed by atoms with van der Waals surface area (Å²) in [6.45, 7) is 3.13. The molecular formula is C10H18N2O5. The second-order valence-electron chi connectivity index (χ2n) is 3.94. The average Bonchev–Trinajstić information content (AvgIpc) is 2.23. The van der Waals surface area contributed by atoms with Gasteiger partial charge in [0.25, 0.3) is 0 Å². The molecule has 0 radical (unpaired) electrons. The number of hydrogen-bond acceptors (Lipinski definition) is 4. The quantitative estimate of drug-likeness (QED) is 0.661. The van der Waals surface area contributed by atoms with Crippen LogP contribution in [0, 0.1) is 5.92 Å². The molecule has 2 amide bonds. The highest BCUT2D eigenvalue weighted by Gasteiger charge is 2.25. The second kappa shape index (κ2) is 6.72. The molecule has 0 heterocycles. The summed E-state index contributed by atoms with van der Waals surface area (Å²) in [5.41, 5.74) is 0. The number of carboxylic acid groups (broad SMARTS) is 1. The second-order valence-corrected chi connectivity index (χ2v) is 3.94. The van der Waals surface area contributed by atoms with Crippen LogP contribution in [0.1, 0.15) is 13.8 Å². The molecule has 0 bridgehead atoms. The van der Waals surface area contributed by atoms with Crippen LogP contribution in [-0.2, 0) is 14.3 Å². The number of carboxylic acids is 1. The van der Waals surface area contributed by atoms with Crippen molar-refractivity contribution < 1.29 is 24.2 Å². The number of ether oxygens (including phenoxy) is 1. The molecule has 0 unspecified atom stereocenters. The highest BCUT2D eigenvalue weighted by molar-refractivity contribution is 5.85. The lowest BCUT2D eigenvalue weighted by molar-refractivity contribution is -0.141. The van der Waals surface area contributed by atoms with Crippen LogP contribution < -0.4 is 5.32 Å². The zero-order valence-corrected chi connectivity index (χ0v) is 10.4. The van der Waals surface area contributed by atoms with Gasteiger partial charge < -0.3 is 20.1 Å². The molecule has 0 saturated carbocycles. The number of nitrogens with zero attached hydrogens (tertiary/aromatic N) is 1. The van der Waals surface area contributed by atoms with E-state index < -0.39 is 24.0 Å². The van der Waals surface area contributed by atoms with Gasteiger partial charge in [0.1, 0.15) is 12.6 Å². The van der Waals surface area contributed by atoms with E-state index in [4.69, 9.17) is 5.11 Å². The predicted octanol–water partition coefficient (Wildman–Crippen LogP) is -0.0900. The van der Waals surface area contributed by atoms with E-state index in [0.717, 1.165) is 4.90 Å². The molecule has 98 valence electrons. The fourth-order valence-corrected chi connectivity index (χ4v) is 1.09. The number of aliphatic carboxylic acids is 1. The molecule has 0 rings (SSSR count). The van der Waals surface area contributed by atoms with Crippen molar-refractivity contribution in [2.24, 2.45) is 5.92 Å². The first-order valence-corrected chi connectivity index (χ1v) is 5.10. The summed E-state index contributed by atoms with van der Waals surface area (Å²) in [4.78, 5) is 34.4. The Hall–Kier alpha value is -1.79. The molecule has 0 aromatic heterocycles. The number of methoxy groups -OCH3 is 1. The molecular weight excluding hydrogens is 228 g/mol. The number of carbonyl (C=O) groups is 3. The van der Waals surface area contributed by atoms with E-state index in [1.807, 2.05) is 0 Å². The number of nitrogens with one attached hydrogen (secondary N) is 1. The number of rotatable bonds is 5. The Labute approximate surface area is 99.7 Å². The summed E-state index contributed by atoms with van der Waals surface area (Å²) in [5, 5.41) is 11.2. The minimum atomic E-state index is -1.11. The largest absolute Gasteiger partial charge is 0.480 e. The molecule has 0 aliphatic rings. The van der Waals surface area contributed by atoms with Gasteiger partial charge in [-0.05, 0) is 5.92 Å². The van der Waals surface area contributed by atoms with Crippen molar-refractivity contribution in [2.45, 2.75) is 19.9 Å². The Bertz CT molecular complexity index is 303. The van der Waals surface area contributed by atoms with Gasteiger partial charge in [-0.3, -0.25) is 4.79 Å². The van der Waals surface area contributed by atoms with Gasteiger partial charge in [0, 0.05) is 7.05 Å². The molecule has 0 aromatic carbocycles. The highest BCUT2D eigenvalue weighted by Crippen LogP contribution is 2.02. The normalized spacial score (nSPS) is 11.8. The number of amides is 2. The van der Waals surface area contributed by atoms with Crippen molar-refractivity contribution in [1.29, 1.82) is 0 Å². The number of hydrogen-bond donors (Lipinski definition) is 2. The molecule has 17 heavy (non-hydrogen) atoms. The van der Waals surface area contributed by atoms with E-state index in [1.54, 1.807) is 13.8 Å². The molecule has 7 heteroatoms. The molecule has 2 N–H and O–H groups in total. The van der Waals surface area contributed by atoms with Gasteiger partial charge in [-0.1, -0.05) is 13.8 Å². The average molecular weight is 246 g/mol. The summed E-state index contributed by atoms with van der Waals surface area (Å²) in [6, 6.07) is -1.61. The molecule has 7 nitrogen and oxygen atoms in total.